The molecule has 0 radical (unpaired) electrons. The van der Waals surface area contributed by atoms with Crippen molar-refractivity contribution in [2.24, 2.45) is 5.41 Å². The van der Waals surface area contributed by atoms with E-state index >= 15 is 0 Å². The number of hydrogen-bond donors (Lipinski definition) is 3. The van der Waals surface area contributed by atoms with Crippen molar-refractivity contribution in [2.75, 3.05) is 37.0 Å². The van der Waals surface area contributed by atoms with Crippen LogP contribution in [-0.4, -0.2) is 63.8 Å². The van der Waals surface area contributed by atoms with E-state index in [-0.39, 0.29) is 6.03 Å². The summed E-state index contributed by atoms with van der Waals surface area (Å²) in [6.45, 7) is 5.28. The second kappa shape index (κ2) is 11.8. The van der Waals surface area contributed by atoms with Crippen molar-refractivity contribution < 1.29 is 19.4 Å². The molecule has 0 saturated carbocycles. The number of anilines is 2. The number of carboxylic acid groups (broad SMARTS) is 1. The van der Waals surface area contributed by atoms with E-state index in [1.54, 1.807) is 38.6 Å². The van der Waals surface area contributed by atoms with E-state index in [1.165, 1.54) is 11.3 Å². The van der Waals surface area contributed by atoms with Crippen LogP contribution in [0.2, 0.25) is 0 Å². The number of carboxylic acids is 1. The van der Waals surface area contributed by atoms with Crippen LogP contribution in [0.5, 0.6) is 5.88 Å². The van der Waals surface area contributed by atoms with Crippen LogP contribution < -0.4 is 20.3 Å². The zero-order valence-corrected chi connectivity index (χ0v) is 23.7. The van der Waals surface area contributed by atoms with Gasteiger partial charge in [0.2, 0.25) is 11.8 Å². The number of urea groups is 1. The fourth-order valence-electron chi connectivity index (χ4n) is 4.42. The summed E-state index contributed by atoms with van der Waals surface area (Å²) in [5, 5.41) is 15.5. The predicted octanol–water partition coefficient (Wildman–Crippen LogP) is 4.39. The molecule has 3 aromatic heterocycles. The minimum Gasteiger partial charge on any atom is -0.481 e. The maximum absolute atomic E-state index is 12.1. The summed E-state index contributed by atoms with van der Waals surface area (Å²) >= 11 is 1.34. The molecule has 4 aromatic rings. The van der Waals surface area contributed by atoms with Gasteiger partial charge in [-0.25, -0.2) is 24.7 Å². The van der Waals surface area contributed by atoms with Gasteiger partial charge in [0.05, 0.1) is 22.7 Å². The zero-order chi connectivity index (χ0) is 29.0. The number of rotatable bonds is 6. The summed E-state index contributed by atoms with van der Waals surface area (Å²) in [5.41, 5.74) is 2.83. The molecule has 210 valence electrons. The lowest BCUT2D eigenvalue weighted by molar-refractivity contribution is -0.149. The van der Waals surface area contributed by atoms with Gasteiger partial charge in [-0.3, -0.25) is 10.1 Å². The minimum atomic E-state index is -0.767. The SMILES string of the molecule is CCNC(=O)Nc1nc2cc(-c3cnc(N4CCC(C)(C(=O)O)CC4)nc3)cc(C#Cc3cccc(OC)n3)c2s1. The summed E-state index contributed by atoms with van der Waals surface area (Å²) < 4.78 is 6.03. The number of fused-ring (bicyclic) bond motifs is 1. The molecule has 0 spiro atoms. The highest BCUT2D eigenvalue weighted by Gasteiger charge is 2.37. The van der Waals surface area contributed by atoms with Gasteiger partial charge in [-0.05, 0) is 56.4 Å². The molecule has 1 fully saturated rings. The maximum atomic E-state index is 12.1. The molecule has 12 heteroatoms. The Balaban J connectivity index is 1.47. The van der Waals surface area contributed by atoms with Gasteiger partial charge in [0, 0.05) is 49.2 Å². The number of nitrogens with zero attached hydrogens (tertiary/aromatic N) is 5. The van der Waals surface area contributed by atoms with E-state index in [2.05, 4.69) is 42.4 Å². The number of nitrogens with one attached hydrogen (secondary N) is 2. The Bertz CT molecular complexity index is 1650. The molecule has 1 aliphatic heterocycles. The average Bonchev–Trinajstić information content (AvgIpc) is 3.39. The first-order valence-electron chi connectivity index (χ1n) is 13.1. The van der Waals surface area contributed by atoms with E-state index in [4.69, 9.17) is 4.74 Å². The first-order valence-corrected chi connectivity index (χ1v) is 13.9. The van der Waals surface area contributed by atoms with Crippen LogP contribution in [0.25, 0.3) is 21.3 Å². The molecule has 0 aliphatic carbocycles. The molecule has 3 N–H and O–H groups in total. The van der Waals surface area contributed by atoms with Crippen LogP contribution in [0.1, 0.15) is 37.9 Å². The topological polar surface area (TPSA) is 142 Å². The zero-order valence-electron chi connectivity index (χ0n) is 22.9. The van der Waals surface area contributed by atoms with Crippen molar-refractivity contribution in [3.63, 3.8) is 0 Å². The number of hydrogen-bond acceptors (Lipinski definition) is 9. The van der Waals surface area contributed by atoms with E-state index < -0.39 is 11.4 Å². The first kappa shape index (κ1) is 27.8. The molecule has 5 rings (SSSR count). The summed E-state index contributed by atoms with van der Waals surface area (Å²) in [5.74, 6) is 6.58. The molecule has 0 bridgehead atoms. The first-order chi connectivity index (χ1) is 19.8. The second-order valence-electron chi connectivity index (χ2n) is 9.82. The van der Waals surface area contributed by atoms with Crippen molar-refractivity contribution in [1.29, 1.82) is 0 Å². The number of methoxy groups -OCH3 is 1. The lowest BCUT2D eigenvalue weighted by atomic mass is 9.80. The van der Waals surface area contributed by atoms with Gasteiger partial charge in [0.1, 0.15) is 5.69 Å². The number of ether oxygens (including phenoxy) is 1. The van der Waals surface area contributed by atoms with E-state index in [0.29, 0.717) is 60.6 Å². The summed E-state index contributed by atoms with van der Waals surface area (Å²) in [6, 6.07) is 8.92. The number of aliphatic carboxylic acids is 1. The molecule has 1 saturated heterocycles. The quantitative estimate of drug-likeness (QED) is 0.287. The van der Waals surface area contributed by atoms with E-state index in [9.17, 15) is 14.7 Å². The van der Waals surface area contributed by atoms with E-state index in [1.807, 2.05) is 30.0 Å². The van der Waals surface area contributed by atoms with Crippen LogP contribution >= 0.6 is 11.3 Å². The highest BCUT2D eigenvalue weighted by Crippen LogP contribution is 2.35. The molecule has 41 heavy (non-hydrogen) atoms. The Morgan fingerprint density at radius 3 is 2.56 bits per heavy atom. The molecule has 11 nitrogen and oxygen atoms in total. The van der Waals surface area contributed by atoms with Gasteiger partial charge in [-0.2, -0.15) is 0 Å². The van der Waals surface area contributed by atoms with Gasteiger partial charge in [-0.15, -0.1) is 0 Å². The number of amides is 2. The van der Waals surface area contributed by atoms with Crippen LogP contribution in [0, 0.1) is 17.3 Å². The highest BCUT2D eigenvalue weighted by molar-refractivity contribution is 7.22. The maximum Gasteiger partial charge on any atom is 0.321 e. The molecule has 1 aliphatic rings. The van der Waals surface area contributed by atoms with Crippen LogP contribution in [-0.2, 0) is 4.79 Å². The number of pyridine rings is 1. The Morgan fingerprint density at radius 1 is 1.12 bits per heavy atom. The third-order valence-corrected chi connectivity index (χ3v) is 7.96. The van der Waals surface area contributed by atoms with Gasteiger partial charge >= 0.3 is 12.0 Å². The highest BCUT2D eigenvalue weighted by atomic mass is 32.1. The van der Waals surface area contributed by atoms with Crippen molar-refractivity contribution >= 4 is 44.6 Å². The minimum absolute atomic E-state index is 0.328. The lowest BCUT2D eigenvalue weighted by Gasteiger charge is -2.36. The number of carbonyl (C=O) groups excluding carboxylic acids is 1. The Morgan fingerprint density at radius 2 is 1.88 bits per heavy atom. The summed E-state index contributed by atoms with van der Waals surface area (Å²) in [4.78, 5) is 43.9. The molecule has 0 unspecified atom stereocenters. The Kier molecular flexibility index (Phi) is 7.98. The fraction of sp³-hybridized carbons (Fsp3) is 0.310. The Hall–Kier alpha value is -4.76. The van der Waals surface area contributed by atoms with Gasteiger partial charge < -0.3 is 20.1 Å². The third kappa shape index (κ3) is 6.20. The Labute approximate surface area is 241 Å². The smallest absolute Gasteiger partial charge is 0.321 e. The second-order valence-corrected chi connectivity index (χ2v) is 10.8. The standard InChI is InChI=1S/C29H29N7O4S/c1-4-30-27(39)35-28-34-22-15-19(14-18(24(22)41-28)8-9-21-6-5-7-23(33-21)40-3)20-16-31-26(32-17-20)36-12-10-29(2,11-13-36)25(37)38/h5-7,14-17H,4,10-13H2,1-3H3,(H,37,38)(H2,30,34,35,39). The largest absolute Gasteiger partial charge is 0.481 e. The number of carbonyl (C=O) groups is 2. The number of aromatic nitrogens is 4. The summed E-state index contributed by atoms with van der Waals surface area (Å²) in [7, 11) is 1.55. The van der Waals surface area contributed by atoms with Crippen LogP contribution in [0.4, 0.5) is 15.9 Å². The van der Waals surface area contributed by atoms with Crippen molar-refractivity contribution in [1.82, 2.24) is 25.3 Å². The van der Waals surface area contributed by atoms with Crippen molar-refractivity contribution in [2.45, 2.75) is 26.7 Å². The average molecular weight is 572 g/mol. The molecule has 1 aromatic carbocycles. The third-order valence-electron chi connectivity index (χ3n) is 6.94. The summed E-state index contributed by atoms with van der Waals surface area (Å²) in [6.07, 6.45) is 4.56. The number of benzene rings is 1. The molecular weight excluding hydrogens is 542 g/mol. The molecular formula is C29H29N7O4S. The fourth-order valence-corrected chi connectivity index (χ4v) is 5.33. The molecule has 0 atom stereocenters. The van der Waals surface area contributed by atoms with E-state index in [0.717, 1.165) is 21.4 Å². The number of thiazole rings is 1. The number of piperidine rings is 1. The molecule has 2 amide bonds. The van der Waals surface area contributed by atoms with Gasteiger partial charge in [0.15, 0.2) is 5.13 Å². The van der Waals surface area contributed by atoms with Gasteiger partial charge in [-0.1, -0.05) is 23.3 Å². The lowest BCUT2D eigenvalue weighted by Crippen LogP contribution is -2.43. The predicted molar refractivity (Wildman–Crippen MR) is 157 cm³/mol. The van der Waals surface area contributed by atoms with Crippen molar-refractivity contribution in [3.8, 4) is 28.8 Å². The van der Waals surface area contributed by atoms with Gasteiger partial charge in [0.25, 0.3) is 0 Å². The van der Waals surface area contributed by atoms with Crippen LogP contribution in [0.15, 0.2) is 42.7 Å². The van der Waals surface area contributed by atoms with Crippen molar-refractivity contribution in [3.05, 3.63) is 54.0 Å². The normalized spacial score (nSPS) is 14.2. The van der Waals surface area contributed by atoms with Crippen LogP contribution in [0.3, 0.4) is 0 Å². The monoisotopic (exact) mass is 571 g/mol. The molecule has 4 heterocycles.